The summed E-state index contributed by atoms with van der Waals surface area (Å²) in [6, 6.07) is 7.90. The van der Waals surface area contributed by atoms with Crippen molar-refractivity contribution in [1.82, 2.24) is 14.9 Å². The second-order valence-corrected chi connectivity index (χ2v) is 6.93. The minimum Gasteiger partial charge on any atom is -0.399 e. The molecule has 0 spiro atoms. The first-order valence-corrected chi connectivity index (χ1v) is 8.72. The highest BCUT2D eigenvalue weighted by atomic mass is 32.1. The van der Waals surface area contributed by atoms with E-state index in [1.54, 1.807) is 11.3 Å². The van der Waals surface area contributed by atoms with Crippen molar-refractivity contribution in [1.29, 1.82) is 0 Å². The number of nitrogens with two attached hydrogens (primary N) is 2. The predicted molar refractivity (Wildman–Crippen MR) is 97.8 cm³/mol. The van der Waals surface area contributed by atoms with Gasteiger partial charge in [0.25, 0.3) is 0 Å². The van der Waals surface area contributed by atoms with E-state index < -0.39 is 0 Å². The van der Waals surface area contributed by atoms with Crippen LogP contribution in [0.25, 0.3) is 21.3 Å². The van der Waals surface area contributed by atoms with Gasteiger partial charge >= 0.3 is 0 Å². The number of morpholine rings is 1. The van der Waals surface area contributed by atoms with Gasteiger partial charge in [-0.15, -0.1) is 11.3 Å². The van der Waals surface area contributed by atoms with E-state index in [2.05, 4.69) is 14.9 Å². The average Bonchev–Trinajstić information content (AvgIpc) is 2.96. The molecular weight excluding hydrogens is 322 g/mol. The van der Waals surface area contributed by atoms with Crippen molar-refractivity contribution in [3.8, 4) is 11.1 Å². The highest BCUT2D eigenvalue weighted by Crippen LogP contribution is 2.40. The molecule has 1 aliphatic rings. The van der Waals surface area contributed by atoms with Gasteiger partial charge in [0, 0.05) is 35.8 Å². The lowest BCUT2D eigenvalue weighted by atomic mass is 10.0. The molecule has 0 unspecified atom stereocenters. The molecule has 3 aromatic rings. The van der Waals surface area contributed by atoms with Crippen LogP contribution in [0.4, 0.5) is 11.5 Å². The molecule has 4 N–H and O–H groups in total. The summed E-state index contributed by atoms with van der Waals surface area (Å²) in [5.41, 5.74) is 15.0. The summed E-state index contributed by atoms with van der Waals surface area (Å²) < 4.78 is 5.45. The molecular formula is C17H19N5OS. The molecule has 0 bridgehead atoms. The summed E-state index contributed by atoms with van der Waals surface area (Å²) in [6.07, 6.45) is 1.53. The van der Waals surface area contributed by atoms with Crippen LogP contribution >= 0.6 is 11.3 Å². The first-order valence-electron chi connectivity index (χ1n) is 7.90. The van der Waals surface area contributed by atoms with Crippen LogP contribution in [0.5, 0.6) is 0 Å². The van der Waals surface area contributed by atoms with E-state index in [9.17, 15) is 0 Å². The Morgan fingerprint density at radius 1 is 1.08 bits per heavy atom. The Balaban J connectivity index is 1.84. The molecule has 124 valence electrons. The maximum atomic E-state index is 6.17. The highest BCUT2D eigenvalue weighted by molar-refractivity contribution is 7.19. The number of benzene rings is 1. The number of thiophene rings is 1. The number of anilines is 2. The van der Waals surface area contributed by atoms with E-state index >= 15 is 0 Å². The summed E-state index contributed by atoms with van der Waals surface area (Å²) >= 11 is 1.69. The zero-order valence-corrected chi connectivity index (χ0v) is 14.1. The minimum atomic E-state index is 0.524. The molecule has 6 nitrogen and oxygen atoms in total. The molecule has 0 radical (unpaired) electrons. The van der Waals surface area contributed by atoms with Crippen LogP contribution in [0.3, 0.4) is 0 Å². The van der Waals surface area contributed by atoms with Crippen LogP contribution in [-0.2, 0) is 11.3 Å². The van der Waals surface area contributed by atoms with E-state index in [1.807, 2.05) is 24.3 Å². The Morgan fingerprint density at radius 2 is 1.83 bits per heavy atom. The number of nitrogens with zero attached hydrogens (tertiary/aromatic N) is 3. The fourth-order valence-electron chi connectivity index (χ4n) is 3.03. The van der Waals surface area contributed by atoms with Crippen molar-refractivity contribution in [2.24, 2.45) is 0 Å². The zero-order chi connectivity index (χ0) is 16.5. The van der Waals surface area contributed by atoms with Gasteiger partial charge in [0.05, 0.1) is 18.6 Å². The number of fused-ring (bicyclic) bond motifs is 1. The highest BCUT2D eigenvalue weighted by Gasteiger charge is 2.20. The predicted octanol–water partition coefficient (Wildman–Crippen LogP) is 2.35. The second-order valence-electron chi connectivity index (χ2n) is 5.85. The topological polar surface area (TPSA) is 90.3 Å². The molecule has 1 aromatic carbocycles. The standard InChI is InChI=1S/C17H19N5OS/c18-12-3-1-11(2-4-12)14-13(9-22-5-7-23-8-6-22)24-17-15(14)16(19)20-10-21-17/h1-4,10H,5-9,18H2,(H2,19,20,21). The molecule has 0 atom stereocenters. The van der Waals surface area contributed by atoms with Crippen LogP contribution in [0.1, 0.15) is 4.88 Å². The maximum Gasteiger partial charge on any atom is 0.136 e. The van der Waals surface area contributed by atoms with Crippen LogP contribution in [0.2, 0.25) is 0 Å². The largest absolute Gasteiger partial charge is 0.399 e. The molecule has 1 aliphatic heterocycles. The third-order valence-corrected chi connectivity index (χ3v) is 5.34. The average molecular weight is 341 g/mol. The van der Waals surface area contributed by atoms with E-state index in [1.165, 1.54) is 11.2 Å². The molecule has 7 heteroatoms. The normalized spacial score (nSPS) is 15.8. The summed E-state index contributed by atoms with van der Waals surface area (Å²) in [6.45, 7) is 4.31. The summed E-state index contributed by atoms with van der Waals surface area (Å²) in [5.74, 6) is 0.524. The molecule has 0 saturated carbocycles. The quantitative estimate of drug-likeness (QED) is 0.711. The fourth-order valence-corrected chi connectivity index (χ4v) is 4.24. The van der Waals surface area contributed by atoms with Crippen molar-refractivity contribution in [3.05, 3.63) is 35.5 Å². The smallest absolute Gasteiger partial charge is 0.136 e. The summed E-state index contributed by atoms with van der Waals surface area (Å²) in [4.78, 5) is 13.2. The fraction of sp³-hybridized carbons (Fsp3) is 0.294. The van der Waals surface area contributed by atoms with E-state index in [-0.39, 0.29) is 0 Å². The third kappa shape index (κ3) is 2.82. The van der Waals surface area contributed by atoms with Gasteiger partial charge in [-0.05, 0) is 17.7 Å². The van der Waals surface area contributed by atoms with Gasteiger partial charge in [-0.1, -0.05) is 12.1 Å². The number of ether oxygens (including phenoxy) is 1. The molecule has 3 heterocycles. The molecule has 1 saturated heterocycles. The van der Waals surface area contributed by atoms with E-state index in [0.717, 1.165) is 59.9 Å². The van der Waals surface area contributed by atoms with E-state index in [0.29, 0.717) is 5.82 Å². The number of rotatable bonds is 3. The van der Waals surface area contributed by atoms with Crippen molar-refractivity contribution in [2.75, 3.05) is 37.8 Å². The van der Waals surface area contributed by atoms with Crippen LogP contribution in [0, 0.1) is 0 Å². The molecule has 2 aromatic heterocycles. The first kappa shape index (κ1) is 15.3. The number of nitrogen functional groups attached to an aromatic ring is 2. The first-order chi connectivity index (χ1) is 11.7. The summed E-state index contributed by atoms with van der Waals surface area (Å²) in [5, 5.41) is 0.940. The van der Waals surface area contributed by atoms with Gasteiger partial charge < -0.3 is 16.2 Å². The molecule has 4 rings (SSSR count). The number of hydrogen-bond acceptors (Lipinski definition) is 7. The van der Waals surface area contributed by atoms with Crippen LogP contribution < -0.4 is 11.5 Å². The molecule has 0 amide bonds. The Bertz CT molecular complexity index is 855. The monoisotopic (exact) mass is 341 g/mol. The molecule has 24 heavy (non-hydrogen) atoms. The Labute approximate surface area is 144 Å². The van der Waals surface area contributed by atoms with Crippen molar-refractivity contribution in [2.45, 2.75) is 6.54 Å². The van der Waals surface area contributed by atoms with Gasteiger partial charge in [-0.2, -0.15) is 0 Å². The van der Waals surface area contributed by atoms with Crippen LogP contribution in [-0.4, -0.2) is 41.2 Å². The van der Waals surface area contributed by atoms with Gasteiger partial charge in [-0.3, -0.25) is 4.90 Å². The lowest BCUT2D eigenvalue weighted by molar-refractivity contribution is 0.0347. The van der Waals surface area contributed by atoms with Crippen molar-refractivity contribution < 1.29 is 4.74 Å². The Morgan fingerprint density at radius 3 is 2.58 bits per heavy atom. The molecule has 1 fully saturated rings. The third-order valence-electron chi connectivity index (χ3n) is 4.26. The van der Waals surface area contributed by atoms with Gasteiger partial charge in [-0.25, -0.2) is 9.97 Å². The number of hydrogen-bond donors (Lipinski definition) is 2. The van der Waals surface area contributed by atoms with E-state index in [4.69, 9.17) is 16.2 Å². The van der Waals surface area contributed by atoms with Crippen molar-refractivity contribution in [3.63, 3.8) is 0 Å². The lowest BCUT2D eigenvalue weighted by Crippen LogP contribution is -2.35. The summed E-state index contributed by atoms with van der Waals surface area (Å²) in [7, 11) is 0. The minimum absolute atomic E-state index is 0.524. The Hall–Kier alpha value is -2.22. The van der Waals surface area contributed by atoms with Gasteiger partial charge in [0.15, 0.2) is 0 Å². The van der Waals surface area contributed by atoms with Crippen LogP contribution in [0.15, 0.2) is 30.6 Å². The second kappa shape index (κ2) is 6.35. The molecule has 0 aliphatic carbocycles. The van der Waals surface area contributed by atoms with Crippen molar-refractivity contribution >= 4 is 33.1 Å². The zero-order valence-electron chi connectivity index (χ0n) is 13.2. The van der Waals surface area contributed by atoms with Gasteiger partial charge in [0.2, 0.25) is 0 Å². The lowest BCUT2D eigenvalue weighted by Gasteiger charge is -2.26. The Kier molecular flexibility index (Phi) is 4.05. The maximum absolute atomic E-state index is 6.17. The number of aromatic nitrogens is 2. The SMILES string of the molecule is Nc1ccc(-c2c(CN3CCOCC3)sc3ncnc(N)c23)cc1. The van der Waals surface area contributed by atoms with Gasteiger partial charge in [0.1, 0.15) is 17.0 Å².